The van der Waals surface area contributed by atoms with E-state index in [1.165, 1.54) is 37.0 Å². The fraction of sp³-hybridized carbons (Fsp3) is 0.596. The van der Waals surface area contributed by atoms with Crippen molar-refractivity contribution in [1.82, 2.24) is 36.0 Å². The number of benzene rings is 3. The van der Waals surface area contributed by atoms with Gasteiger partial charge in [0.15, 0.2) is 11.5 Å². The average molecular weight is 1080 g/mol. The summed E-state index contributed by atoms with van der Waals surface area (Å²) in [6, 6.07) is 16.5. The van der Waals surface area contributed by atoms with Crippen LogP contribution < -0.4 is 40.2 Å². The molecule has 76 heavy (non-hydrogen) atoms. The van der Waals surface area contributed by atoms with Gasteiger partial charge in [-0.2, -0.15) is 9.65 Å². The van der Waals surface area contributed by atoms with E-state index in [-0.39, 0.29) is 77.1 Å². The molecular formula is C57H75ClFN9O7S. The molecule has 0 bridgehead atoms. The average Bonchev–Trinajstić information content (AvgIpc) is 4.28. The highest BCUT2D eigenvalue weighted by atomic mass is 35.5. The summed E-state index contributed by atoms with van der Waals surface area (Å²) in [5.41, 5.74) is 1.40. The Morgan fingerprint density at radius 2 is 1.63 bits per heavy atom. The Labute approximate surface area is 452 Å². The third-order valence-electron chi connectivity index (χ3n) is 17.4. The van der Waals surface area contributed by atoms with Crippen LogP contribution in [0.5, 0.6) is 23.0 Å². The second kappa shape index (κ2) is 22.4. The molecule has 0 spiro atoms. The SMILES string of the molecule is CN1C=C(c2cc(NS(=O)(=O)C3CC3)ccc2Oc2cccc(OCCN3CCN(C4NCC(C(=O)NC5C(C)(C)C(Oc6ccc(C#N)c(Cl)c6)C5(C)C)C(C5CCCCCCC5)N4)CC3)c2F)C2CCNC2C1=O. The van der Waals surface area contributed by atoms with E-state index in [1.54, 1.807) is 67.8 Å². The Morgan fingerprint density at radius 3 is 2.34 bits per heavy atom. The largest absolute Gasteiger partial charge is 0.489 e. The van der Waals surface area contributed by atoms with Gasteiger partial charge in [0.1, 0.15) is 36.6 Å². The van der Waals surface area contributed by atoms with Crippen molar-refractivity contribution in [2.75, 3.05) is 64.2 Å². The smallest absolute Gasteiger partial charge is 0.244 e. The molecule has 410 valence electrons. The lowest BCUT2D eigenvalue weighted by Gasteiger charge is -2.63. The lowest BCUT2D eigenvalue weighted by atomic mass is 9.49. The molecule has 5 atom stereocenters. The number of ether oxygens (including phenoxy) is 3. The summed E-state index contributed by atoms with van der Waals surface area (Å²) in [6.45, 7) is 13.8. The highest BCUT2D eigenvalue weighted by Gasteiger charge is 2.64. The van der Waals surface area contributed by atoms with E-state index >= 15 is 4.39 Å². The van der Waals surface area contributed by atoms with Crippen LogP contribution in [-0.2, 0) is 19.6 Å². The molecule has 3 aromatic carbocycles. The highest BCUT2D eigenvalue weighted by Crippen LogP contribution is 2.56. The first-order valence-corrected chi connectivity index (χ1v) is 29.4. The van der Waals surface area contributed by atoms with Gasteiger partial charge in [-0.15, -0.1) is 0 Å². The van der Waals surface area contributed by atoms with Crippen molar-refractivity contribution in [2.45, 2.75) is 128 Å². The zero-order chi connectivity index (χ0) is 53.5. The number of nitriles is 1. The van der Waals surface area contributed by atoms with E-state index in [2.05, 4.69) is 69.6 Å². The van der Waals surface area contributed by atoms with Crippen molar-refractivity contribution in [3.63, 3.8) is 0 Å². The molecule has 0 radical (unpaired) electrons. The number of amides is 2. The minimum Gasteiger partial charge on any atom is -0.489 e. The molecule has 19 heteroatoms. The van der Waals surface area contributed by atoms with Crippen LogP contribution in [0, 0.1) is 45.7 Å². The van der Waals surface area contributed by atoms with Gasteiger partial charge in [0.05, 0.1) is 27.8 Å². The van der Waals surface area contributed by atoms with Crippen LogP contribution in [0.1, 0.15) is 103 Å². The van der Waals surface area contributed by atoms with E-state index in [0.29, 0.717) is 78.2 Å². The molecule has 7 aliphatic rings. The molecule has 4 aliphatic heterocycles. The summed E-state index contributed by atoms with van der Waals surface area (Å²) in [6.07, 6.45) is 11.7. The molecule has 4 heterocycles. The van der Waals surface area contributed by atoms with Gasteiger partial charge in [-0.1, -0.05) is 77.5 Å². The van der Waals surface area contributed by atoms with Gasteiger partial charge in [-0.25, -0.2) is 8.42 Å². The molecule has 0 aromatic heterocycles. The summed E-state index contributed by atoms with van der Waals surface area (Å²) in [5.74, 6) is 0.287. The number of carbonyl (C=O) groups is 2. The molecule has 5 N–H and O–H groups in total. The minimum atomic E-state index is -3.56. The van der Waals surface area contributed by atoms with Crippen LogP contribution in [0.25, 0.3) is 5.57 Å². The molecule has 3 saturated heterocycles. The van der Waals surface area contributed by atoms with Gasteiger partial charge in [-0.3, -0.25) is 34.7 Å². The predicted molar refractivity (Wildman–Crippen MR) is 291 cm³/mol. The maximum atomic E-state index is 16.3. The number of carbonyl (C=O) groups excluding carboxylic acids is 2. The maximum absolute atomic E-state index is 16.3. The number of halogens is 2. The topological polar surface area (TPSA) is 190 Å². The van der Waals surface area contributed by atoms with Gasteiger partial charge in [0.2, 0.25) is 27.7 Å². The second-order valence-electron chi connectivity index (χ2n) is 23.4. The number of nitrogens with zero attached hydrogens (tertiary/aromatic N) is 4. The molecule has 3 aromatic rings. The Bertz CT molecular complexity index is 2810. The summed E-state index contributed by atoms with van der Waals surface area (Å²) in [7, 11) is -1.87. The molecule has 2 amide bonds. The van der Waals surface area contributed by atoms with Gasteiger partial charge >= 0.3 is 0 Å². The van der Waals surface area contributed by atoms with Crippen LogP contribution in [0.2, 0.25) is 5.02 Å². The first-order valence-electron chi connectivity index (χ1n) is 27.5. The van der Waals surface area contributed by atoms with Gasteiger partial charge in [-0.05, 0) is 92.6 Å². The lowest BCUT2D eigenvalue weighted by Crippen LogP contribution is -2.76. The predicted octanol–water partition coefficient (Wildman–Crippen LogP) is 7.65. The van der Waals surface area contributed by atoms with E-state index < -0.39 is 27.1 Å². The number of hydrogen-bond acceptors (Lipinski definition) is 13. The standard InChI is InChI=1S/C57H75ClFN9O7S/c1-56(2)53(57(3,4)54(56)74-38-18-16-36(32-60)44(58)31-38)64-51(69)42-33-62-55(63-49(42)35-12-9-7-6-8-10-13-35)68-26-24-67(25-27-68)28-29-73-46-14-11-15-47(48(46)59)75-45-21-17-37(65-76(71,72)39-19-20-39)30-41(45)43-34-66(5)52(70)50-40(43)22-23-61-50/h11,14-18,21,30-31,34-35,39-40,42,49-50,53-55,61-63,65H,6-10,12-13,19-20,22-29,33H2,1-5H3,(H,64,69). The maximum Gasteiger partial charge on any atom is 0.244 e. The van der Waals surface area contributed by atoms with Crippen LogP contribution in [0.4, 0.5) is 10.1 Å². The zero-order valence-corrected chi connectivity index (χ0v) is 46.1. The number of hydrogen-bond donors (Lipinski definition) is 5. The van der Waals surface area contributed by atoms with Crippen molar-refractivity contribution in [2.24, 2.45) is 28.6 Å². The van der Waals surface area contributed by atoms with Crippen molar-refractivity contribution >= 4 is 44.7 Å². The van der Waals surface area contributed by atoms with E-state index in [9.17, 15) is 23.3 Å². The number of piperazine rings is 1. The van der Waals surface area contributed by atoms with Gasteiger partial charge < -0.3 is 29.7 Å². The summed E-state index contributed by atoms with van der Waals surface area (Å²) in [4.78, 5) is 34.0. The quantitative estimate of drug-likeness (QED) is 0.0942. The Balaban J connectivity index is 0.753. The van der Waals surface area contributed by atoms with Crippen molar-refractivity contribution < 1.29 is 36.6 Å². The van der Waals surface area contributed by atoms with Crippen LogP contribution in [0.15, 0.2) is 60.8 Å². The number of sulfonamides is 1. The summed E-state index contributed by atoms with van der Waals surface area (Å²) in [5, 5.41) is 23.9. The van der Waals surface area contributed by atoms with Crippen LogP contribution in [-0.4, -0.2) is 130 Å². The van der Waals surface area contributed by atoms with Gasteiger partial charge in [0.25, 0.3) is 0 Å². The number of likely N-dealkylation sites (N-methyl/N-ethyl adjacent to an activating group) is 1. The second-order valence-corrected chi connectivity index (χ2v) is 25.7. The Hall–Kier alpha value is -5.00. The third kappa shape index (κ3) is 11.3. The lowest BCUT2D eigenvalue weighted by molar-refractivity contribution is -0.175. The minimum absolute atomic E-state index is 0.0111. The van der Waals surface area contributed by atoms with E-state index in [4.69, 9.17) is 25.8 Å². The fourth-order valence-electron chi connectivity index (χ4n) is 13.4. The summed E-state index contributed by atoms with van der Waals surface area (Å²) < 4.78 is 64.0. The fourth-order valence-corrected chi connectivity index (χ4v) is 15.0. The molecule has 3 aliphatic carbocycles. The van der Waals surface area contributed by atoms with Crippen molar-refractivity contribution in [3.8, 4) is 29.1 Å². The van der Waals surface area contributed by atoms with Crippen LogP contribution in [0.3, 0.4) is 0 Å². The number of anilines is 1. The number of rotatable bonds is 16. The summed E-state index contributed by atoms with van der Waals surface area (Å²) >= 11 is 6.36. The number of nitrogens with one attached hydrogen (secondary N) is 5. The third-order valence-corrected chi connectivity index (χ3v) is 19.6. The highest BCUT2D eigenvalue weighted by molar-refractivity contribution is 7.93. The van der Waals surface area contributed by atoms with Crippen molar-refractivity contribution in [1.29, 1.82) is 5.26 Å². The Kier molecular flexibility index (Phi) is 16.0. The first-order chi connectivity index (χ1) is 36.4. The molecule has 6 fully saturated rings. The normalized spacial score (nSPS) is 28.2. The molecule has 10 rings (SSSR count). The van der Waals surface area contributed by atoms with Crippen molar-refractivity contribution in [3.05, 3.63) is 82.8 Å². The monoisotopic (exact) mass is 1080 g/mol. The first kappa shape index (κ1) is 54.4. The van der Waals surface area contributed by atoms with Gasteiger partial charge in [0, 0.05) is 98.7 Å². The van der Waals surface area contributed by atoms with E-state index in [1.807, 2.05) is 0 Å². The molecular weight excluding hydrogens is 1010 g/mol. The Morgan fingerprint density at radius 1 is 0.908 bits per heavy atom. The van der Waals surface area contributed by atoms with E-state index in [0.717, 1.165) is 44.6 Å². The number of fused-ring (bicyclic) bond motifs is 1. The molecule has 3 saturated carbocycles. The molecule has 16 nitrogen and oxygen atoms in total. The van der Waals surface area contributed by atoms with Crippen LogP contribution >= 0.6 is 11.6 Å². The molecule has 5 unspecified atom stereocenters. The zero-order valence-electron chi connectivity index (χ0n) is 44.5.